The Morgan fingerprint density at radius 2 is 1.70 bits per heavy atom. The average molecular weight is 501 g/mol. The number of pyridine rings is 1. The zero-order valence-corrected chi connectivity index (χ0v) is 22.5. The van der Waals surface area contributed by atoms with E-state index in [1.54, 1.807) is 4.57 Å². The molecule has 2 aromatic carbocycles. The third kappa shape index (κ3) is 4.92. The molecule has 1 aliphatic rings. The fourth-order valence-electron chi connectivity index (χ4n) is 5.06. The number of rotatable bonds is 6. The van der Waals surface area contributed by atoms with Gasteiger partial charge in [-0.05, 0) is 55.7 Å². The summed E-state index contributed by atoms with van der Waals surface area (Å²) in [6.45, 7) is 14.4. The van der Waals surface area contributed by atoms with E-state index in [1.807, 2.05) is 58.9 Å². The van der Waals surface area contributed by atoms with Gasteiger partial charge in [0, 0.05) is 49.1 Å². The van der Waals surface area contributed by atoms with E-state index in [9.17, 15) is 9.59 Å². The molecule has 37 heavy (non-hydrogen) atoms. The highest BCUT2D eigenvalue weighted by Gasteiger charge is 2.24. The molecule has 1 saturated heterocycles. The molecule has 2 aromatic heterocycles. The molecule has 0 saturated carbocycles. The molecular weight excluding hydrogens is 464 g/mol. The zero-order valence-electron chi connectivity index (χ0n) is 22.5. The summed E-state index contributed by atoms with van der Waals surface area (Å²) in [5.41, 5.74) is 4.05. The van der Waals surface area contributed by atoms with Gasteiger partial charge in [0.25, 0.3) is 5.56 Å². The van der Waals surface area contributed by atoms with Crippen molar-refractivity contribution in [2.75, 3.05) is 37.6 Å². The maximum atomic E-state index is 13.1. The third-order valence-corrected chi connectivity index (χ3v) is 7.77. The van der Waals surface area contributed by atoms with E-state index in [2.05, 4.69) is 33.2 Å². The molecular formula is C30H36N4O3. The summed E-state index contributed by atoms with van der Waals surface area (Å²) in [7, 11) is 0. The number of aryl methyl sites for hydroxylation is 1. The van der Waals surface area contributed by atoms with Gasteiger partial charge in [-0.15, -0.1) is 0 Å². The van der Waals surface area contributed by atoms with Gasteiger partial charge in [-0.3, -0.25) is 14.5 Å². The number of hydrogen-bond donors (Lipinski definition) is 0. The SMILES string of the molecule is Cc1c(C)c2cc(CCN3CCN(c4noc5ccccc45)CC3)ccc2n(CC(=O)C(C)(C)C)c1=O. The summed E-state index contributed by atoms with van der Waals surface area (Å²) >= 11 is 0. The van der Waals surface area contributed by atoms with Crippen LogP contribution in [0.3, 0.4) is 0 Å². The Bertz CT molecular complexity index is 1520. The number of hydrogen-bond acceptors (Lipinski definition) is 6. The van der Waals surface area contributed by atoms with E-state index < -0.39 is 5.41 Å². The fraction of sp³-hybridized carbons (Fsp3) is 0.433. The second-order valence-corrected chi connectivity index (χ2v) is 11.2. The van der Waals surface area contributed by atoms with Crippen molar-refractivity contribution >= 4 is 33.5 Å². The van der Waals surface area contributed by atoms with E-state index in [0.717, 1.165) is 72.4 Å². The monoisotopic (exact) mass is 500 g/mol. The smallest absolute Gasteiger partial charge is 0.254 e. The van der Waals surface area contributed by atoms with E-state index in [0.29, 0.717) is 5.56 Å². The van der Waals surface area contributed by atoms with E-state index >= 15 is 0 Å². The van der Waals surface area contributed by atoms with Crippen LogP contribution in [0.1, 0.15) is 37.5 Å². The van der Waals surface area contributed by atoms with Gasteiger partial charge < -0.3 is 14.0 Å². The number of anilines is 1. The molecule has 1 fully saturated rings. The van der Waals surface area contributed by atoms with Crippen LogP contribution in [0, 0.1) is 19.3 Å². The molecule has 7 heteroatoms. The fourth-order valence-corrected chi connectivity index (χ4v) is 5.06. The standard InChI is InChI=1S/C30H36N4O3/c1-20-21(2)29(36)34(19-27(35)30(3,4)5)25-11-10-22(18-24(20)25)12-13-32-14-16-33(17-15-32)28-23-8-6-7-9-26(23)37-31-28/h6-11,18H,12-17,19H2,1-5H3. The van der Waals surface area contributed by atoms with Gasteiger partial charge in [-0.1, -0.05) is 44.1 Å². The summed E-state index contributed by atoms with van der Waals surface area (Å²) < 4.78 is 7.15. The number of nitrogens with zero attached hydrogens (tertiary/aromatic N) is 4. The molecule has 194 valence electrons. The Labute approximate surface area is 217 Å². The molecule has 5 rings (SSSR count). The van der Waals surface area contributed by atoms with Crippen LogP contribution < -0.4 is 10.5 Å². The molecule has 0 atom stereocenters. The molecule has 0 unspecified atom stereocenters. The van der Waals surface area contributed by atoms with E-state index in [4.69, 9.17) is 4.52 Å². The number of carbonyl (C=O) groups excluding carboxylic acids is 1. The lowest BCUT2D eigenvalue weighted by Gasteiger charge is -2.34. The number of ketones is 1. The maximum Gasteiger partial charge on any atom is 0.254 e. The van der Waals surface area contributed by atoms with Gasteiger partial charge in [0.15, 0.2) is 17.2 Å². The molecule has 0 aliphatic carbocycles. The lowest BCUT2D eigenvalue weighted by atomic mass is 9.90. The van der Waals surface area contributed by atoms with Crippen molar-refractivity contribution in [1.29, 1.82) is 0 Å². The summed E-state index contributed by atoms with van der Waals surface area (Å²) in [6.07, 6.45) is 0.932. The highest BCUT2D eigenvalue weighted by atomic mass is 16.5. The van der Waals surface area contributed by atoms with Gasteiger partial charge in [-0.25, -0.2) is 0 Å². The van der Waals surface area contributed by atoms with Crippen molar-refractivity contribution in [1.82, 2.24) is 14.6 Å². The van der Waals surface area contributed by atoms with Crippen molar-refractivity contribution < 1.29 is 9.32 Å². The molecule has 7 nitrogen and oxygen atoms in total. The van der Waals surface area contributed by atoms with Crippen molar-refractivity contribution in [2.24, 2.45) is 5.41 Å². The molecule has 3 heterocycles. The van der Waals surface area contributed by atoms with E-state index in [1.165, 1.54) is 5.56 Å². The Morgan fingerprint density at radius 3 is 2.43 bits per heavy atom. The molecule has 0 bridgehead atoms. The van der Waals surface area contributed by atoms with Crippen molar-refractivity contribution in [2.45, 2.75) is 47.6 Å². The molecule has 0 amide bonds. The van der Waals surface area contributed by atoms with Crippen molar-refractivity contribution in [3.63, 3.8) is 0 Å². The van der Waals surface area contributed by atoms with Gasteiger partial charge in [0.05, 0.1) is 17.4 Å². The average Bonchev–Trinajstić information content (AvgIpc) is 3.32. The van der Waals surface area contributed by atoms with Crippen LogP contribution in [0.5, 0.6) is 0 Å². The minimum absolute atomic E-state index is 0.0565. The van der Waals surface area contributed by atoms with Crippen molar-refractivity contribution in [3.8, 4) is 0 Å². The normalized spacial score (nSPS) is 15.1. The minimum atomic E-state index is -0.491. The number of benzene rings is 2. The second kappa shape index (κ2) is 9.78. The van der Waals surface area contributed by atoms with Crippen LogP contribution in [0.2, 0.25) is 0 Å². The number of piperazine rings is 1. The Kier molecular flexibility index (Phi) is 6.67. The lowest BCUT2D eigenvalue weighted by Crippen LogP contribution is -2.47. The quantitative estimate of drug-likeness (QED) is 0.381. The van der Waals surface area contributed by atoms with Crippen LogP contribution in [-0.4, -0.2) is 53.1 Å². The maximum absolute atomic E-state index is 13.1. The first-order valence-electron chi connectivity index (χ1n) is 13.1. The van der Waals surface area contributed by atoms with E-state index in [-0.39, 0.29) is 17.9 Å². The number of fused-ring (bicyclic) bond motifs is 2. The Balaban J connectivity index is 1.28. The predicted octanol–water partition coefficient (Wildman–Crippen LogP) is 4.74. The van der Waals surface area contributed by atoms with Crippen LogP contribution in [0.25, 0.3) is 21.9 Å². The lowest BCUT2D eigenvalue weighted by molar-refractivity contribution is -0.126. The topological polar surface area (TPSA) is 71.6 Å². The van der Waals surface area contributed by atoms with Gasteiger partial charge in [0.2, 0.25) is 0 Å². The number of aromatic nitrogens is 2. The summed E-state index contributed by atoms with van der Waals surface area (Å²) in [4.78, 5) is 30.6. The molecule has 0 spiro atoms. The van der Waals surface area contributed by atoms with Crippen molar-refractivity contribution in [3.05, 3.63) is 69.5 Å². The number of Topliss-reactive ketones (excluding diaryl/α,β-unsaturated/α-hetero) is 1. The minimum Gasteiger partial charge on any atom is -0.354 e. The third-order valence-electron chi connectivity index (χ3n) is 7.77. The number of para-hydroxylation sites is 1. The summed E-state index contributed by atoms with van der Waals surface area (Å²) in [5.74, 6) is 0.993. The highest BCUT2D eigenvalue weighted by Crippen LogP contribution is 2.27. The number of carbonyl (C=O) groups is 1. The van der Waals surface area contributed by atoms with Crippen LogP contribution in [0.15, 0.2) is 51.8 Å². The molecule has 4 aromatic rings. The second-order valence-electron chi connectivity index (χ2n) is 11.2. The van der Waals surface area contributed by atoms with Crippen LogP contribution in [-0.2, 0) is 17.8 Å². The first-order chi connectivity index (χ1) is 17.6. The highest BCUT2D eigenvalue weighted by molar-refractivity contribution is 5.89. The van der Waals surface area contributed by atoms with Crippen LogP contribution in [0.4, 0.5) is 5.82 Å². The van der Waals surface area contributed by atoms with Gasteiger partial charge >= 0.3 is 0 Å². The molecule has 1 aliphatic heterocycles. The van der Waals surface area contributed by atoms with Gasteiger partial charge in [0.1, 0.15) is 0 Å². The summed E-state index contributed by atoms with van der Waals surface area (Å²) in [6, 6.07) is 14.3. The largest absolute Gasteiger partial charge is 0.354 e. The first kappa shape index (κ1) is 25.2. The Hall–Kier alpha value is -3.45. The first-order valence-corrected chi connectivity index (χ1v) is 13.1. The van der Waals surface area contributed by atoms with Crippen LogP contribution >= 0.6 is 0 Å². The molecule has 0 radical (unpaired) electrons. The zero-order chi connectivity index (χ0) is 26.3. The summed E-state index contributed by atoms with van der Waals surface area (Å²) in [5, 5.41) is 6.44. The van der Waals surface area contributed by atoms with Gasteiger partial charge in [-0.2, -0.15) is 0 Å². The molecule has 0 N–H and O–H groups in total. The Morgan fingerprint density at radius 1 is 0.973 bits per heavy atom. The predicted molar refractivity (Wildman–Crippen MR) is 149 cm³/mol.